The van der Waals surface area contributed by atoms with Crippen molar-refractivity contribution in [3.8, 4) is 11.6 Å². The zero-order chi connectivity index (χ0) is 21.2. The Bertz CT molecular complexity index is 1380. The van der Waals surface area contributed by atoms with E-state index in [4.69, 9.17) is 21.0 Å². The first-order valence-electron chi connectivity index (χ1n) is 9.51. The van der Waals surface area contributed by atoms with Crippen molar-refractivity contribution in [2.75, 3.05) is 5.75 Å². The minimum Gasteiger partial charge on any atom is -0.461 e. The van der Waals surface area contributed by atoms with E-state index in [0.29, 0.717) is 34.0 Å². The summed E-state index contributed by atoms with van der Waals surface area (Å²) in [6, 6.07) is 18.8. The highest BCUT2D eigenvalue weighted by atomic mass is 35.5. The molecule has 0 unspecified atom stereocenters. The molecule has 154 valence electrons. The molecule has 0 saturated heterocycles. The van der Waals surface area contributed by atoms with Gasteiger partial charge in [-0.2, -0.15) is 0 Å². The van der Waals surface area contributed by atoms with Crippen molar-refractivity contribution in [1.29, 1.82) is 0 Å². The number of halogens is 1. The van der Waals surface area contributed by atoms with Crippen LogP contribution in [0.1, 0.15) is 5.56 Å². The maximum Gasteiger partial charge on any atom is 0.230 e. The van der Waals surface area contributed by atoms with Crippen LogP contribution in [0.25, 0.3) is 28.1 Å². The van der Waals surface area contributed by atoms with Gasteiger partial charge in [0.05, 0.1) is 17.5 Å². The molecule has 1 N–H and O–H groups in total. The molecule has 0 radical (unpaired) electrons. The molecule has 0 bridgehead atoms. The number of carbonyl (C=O) groups is 1. The first-order valence-corrected chi connectivity index (χ1v) is 10.9. The number of furan rings is 1. The molecule has 0 spiro atoms. The normalized spacial score (nSPS) is 11.3. The average molecular weight is 450 g/mol. The number of amides is 1. The standard InChI is InChI=1S/C22H16ClN5O2S/c23-16-8-3-1-6-14(16)12-24-19(29)13-31-22-27-26-20-15-7-2-4-9-17(15)25-21(28(20)22)18-10-5-11-30-18/h1-11H,12-13H2,(H,24,29). The van der Waals surface area contributed by atoms with Crippen molar-refractivity contribution in [3.05, 3.63) is 77.5 Å². The summed E-state index contributed by atoms with van der Waals surface area (Å²) < 4.78 is 7.41. The van der Waals surface area contributed by atoms with Crippen LogP contribution >= 0.6 is 23.4 Å². The molecule has 0 aliphatic rings. The van der Waals surface area contributed by atoms with Gasteiger partial charge in [-0.25, -0.2) is 4.98 Å². The summed E-state index contributed by atoms with van der Waals surface area (Å²) in [7, 11) is 0. The number of thioether (sulfide) groups is 1. The molecule has 0 aliphatic heterocycles. The largest absolute Gasteiger partial charge is 0.461 e. The van der Waals surface area contributed by atoms with Gasteiger partial charge in [0.15, 0.2) is 22.4 Å². The minimum atomic E-state index is -0.130. The molecule has 1 amide bonds. The Hall–Kier alpha value is -3.36. The Morgan fingerprint density at radius 1 is 1.06 bits per heavy atom. The van der Waals surface area contributed by atoms with E-state index < -0.39 is 0 Å². The van der Waals surface area contributed by atoms with Gasteiger partial charge in [-0.15, -0.1) is 10.2 Å². The average Bonchev–Trinajstić information content (AvgIpc) is 3.47. The van der Waals surface area contributed by atoms with Crippen molar-refractivity contribution in [3.63, 3.8) is 0 Å². The van der Waals surface area contributed by atoms with Crippen molar-refractivity contribution >= 4 is 45.8 Å². The highest BCUT2D eigenvalue weighted by Gasteiger charge is 2.18. The molecule has 5 rings (SSSR count). The molecule has 5 aromatic rings. The van der Waals surface area contributed by atoms with Gasteiger partial charge in [0.25, 0.3) is 0 Å². The number of nitrogens with one attached hydrogen (secondary N) is 1. The lowest BCUT2D eigenvalue weighted by molar-refractivity contribution is -0.118. The SMILES string of the molecule is O=C(CSc1nnc2c3ccccc3nc(-c3ccco3)n12)NCc1ccccc1Cl. The molecule has 7 nitrogen and oxygen atoms in total. The van der Waals surface area contributed by atoms with Crippen LogP contribution in [0.2, 0.25) is 5.02 Å². The van der Waals surface area contributed by atoms with Gasteiger partial charge in [-0.3, -0.25) is 9.20 Å². The molecular formula is C22H16ClN5O2S. The fourth-order valence-corrected chi connectivity index (χ4v) is 4.21. The van der Waals surface area contributed by atoms with E-state index in [1.54, 1.807) is 18.4 Å². The predicted molar refractivity (Wildman–Crippen MR) is 120 cm³/mol. The number of rotatable bonds is 6. The van der Waals surface area contributed by atoms with Crippen LogP contribution in [0.15, 0.2) is 76.5 Å². The Morgan fingerprint density at radius 3 is 2.74 bits per heavy atom. The summed E-state index contributed by atoms with van der Waals surface area (Å²) in [5, 5.41) is 13.6. The van der Waals surface area contributed by atoms with Gasteiger partial charge in [0.2, 0.25) is 5.91 Å². The van der Waals surface area contributed by atoms with E-state index in [-0.39, 0.29) is 11.7 Å². The number of nitrogens with zero attached hydrogens (tertiary/aromatic N) is 4. The molecule has 0 saturated carbocycles. The first kappa shape index (κ1) is 19.6. The van der Waals surface area contributed by atoms with Crippen LogP contribution in [-0.4, -0.2) is 31.2 Å². The number of para-hydroxylation sites is 1. The fourth-order valence-electron chi connectivity index (χ4n) is 3.24. The third kappa shape index (κ3) is 3.87. The fraction of sp³-hybridized carbons (Fsp3) is 0.0909. The molecule has 31 heavy (non-hydrogen) atoms. The van der Waals surface area contributed by atoms with Gasteiger partial charge >= 0.3 is 0 Å². The van der Waals surface area contributed by atoms with E-state index in [9.17, 15) is 4.79 Å². The van der Waals surface area contributed by atoms with Gasteiger partial charge in [-0.1, -0.05) is 53.7 Å². The van der Waals surface area contributed by atoms with Gasteiger partial charge < -0.3 is 9.73 Å². The second-order valence-electron chi connectivity index (χ2n) is 6.73. The number of hydrogen-bond acceptors (Lipinski definition) is 6. The molecule has 9 heteroatoms. The van der Waals surface area contributed by atoms with Crippen LogP contribution in [0, 0.1) is 0 Å². The molecule has 0 fully saturated rings. The molecule has 0 atom stereocenters. The number of aromatic nitrogens is 4. The van der Waals surface area contributed by atoms with E-state index in [1.165, 1.54) is 11.8 Å². The minimum absolute atomic E-state index is 0.130. The highest BCUT2D eigenvalue weighted by molar-refractivity contribution is 7.99. The molecule has 3 heterocycles. The second-order valence-corrected chi connectivity index (χ2v) is 8.08. The smallest absolute Gasteiger partial charge is 0.230 e. The number of fused-ring (bicyclic) bond motifs is 3. The van der Waals surface area contributed by atoms with Gasteiger partial charge in [0.1, 0.15) is 0 Å². The zero-order valence-corrected chi connectivity index (χ0v) is 17.7. The van der Waals surface area contributed by atoms with Gasteiger partial charge in [0, 0.05) is 17.0 Å². The van der Waals surface area contributed by atoms with Crippen LogP contribution in [0.4, 0.5) is 0 Å². The topological polar surface area (TPSA) is 85.3 Å². The maximum atomic E-state index is 12.4. The third-order valence-corrected chi connectivity index (χ3v) is 6.02. The van der Waals surface area contributed by atoms with Gasteiger partial charge in [-0.05, 0) is 35.9 Å². The van der Waals surface area contributed by atoms with E-state index >= 15 is 0 Å². The Kier molecular flexibility index (Phi) is 5.31. The lowest BCUT2D eigenvalue weighted by Gasteiger charge is -2.08. The quantitative estimate of drug-likeness (QED) is 0.381. The summed E-state index contributed by atoms with van der Waals surface area (Å²) in [6.07, 6.45) is 1.59. The third-order valence-electron chi connectivity index (χ3n) is 4.72. The lowest BCUT2D eigenvalue weighted by Crippen LogP contribution is -2.24. The van der Waals surface area contributed by atoms with E-state index in [0.717, 1.165) is 16.5 Å². The zero-order valence-electron chi connectivity index (χ0n) is 16.2. The number of carbonyl (C=O) groups excluding carboxylic acids is 1. The monoisotopic (exact) mass is 449 g/mol. The molecule has 3 aromatic heterocycles. The van der Waals surface area contributed by atoms with Crippen LogP contribution in [0.3, 0.4) is 0 Å². The van der Waals surface area contributed by atoms with Crippen LogP contribution < -0.4 is 5.32 Å². The summed E-state index contributed by atoms with van der Waals surface area (Å²) in [6.45, 7) is 0.365. The second kappa shape index (κ2) is 8.41. The summed E-state index contributed by atoms with van der Waals surface area (Å²) in [4.78, 5) is 17.2. The van der Waals surface area contributed by atoms with Crippen molar-refractivity contribution in [2.45, 2.75) is 11.7 Å². The van der Waals surface area contributed by atoms with Crippen molar-refractivity contribution in [1.82, 2.24) is 24.9 Å². The number of benzene rings is 2. The number of hydrogen-bond donors (Lipinski definition) is 1. The highest BCUT2D eigenvalue weighted by Crippen LogP contribution is 2.29. The van der Waals surface area contributed by atoms with Crippen molar-refractivity contribution in [2.24, 2.45) is 0 Å². The summed E-state index contributed by atoms with van der Waals surface area (Å²) in [5.41, 5.74) is 2.32. The van der Waals surface area contributed by atoms with Crippen molar-refractivity contribution < 1.29 is 9.21 Å². The Morgan fingerprint density at radius 2 is 1.90 bits per heavy atom. The predicted octanol–water partition coefficient (Wildman–Crippen LogP) is 4.60. The Labute approximate surface area is 186 Å². The first-order chi connectivity index (χ1) is 15.2. The molecular weight excluding hydrogens is 434 g/mol. The lowest BCUT2D eigenvalue weighted by atomic mass is 10.2. The van der Waals surface area contributed by atoms with Crippen LogP contribution in [0.5, 0.6) is 0 Å². The molecule has 0 aliphatic carbocycles. The van der Waals surface area contributed by atoms with Crippen LogP contribution in [-0.2, 0) is 11.3 Å². The summed E-state index contributed by atoms with van der Waals surface area (Å²) in [5.74, 6) is 1.23. The van der Waals surface area contributed by atoms with E-state index in [2.05, 4.69) is 15.5 Å². The molecule has 2 aromatic carbocycles. The maximum absolute atomic E-state index is 12.4. The van der Waals surface area contributed by atoms with E-state index in [1.807, 2.05) is 52.9 Å². The summed E-state index contributed by atoms with van der Waals surface area (Å²) >= 11 is 7.44. The Balaban J connectivity index is 1.42.